The lowest BCUT2D eigenvalue weighted by Crippen LogP contribution is -2.45. The van der Waals surface area contributed by atoms with E-state index < -0.39 is 10.0 Å². The number of methoxy groups -OCH3 is 1. The van der Waals surface area contributed by atoms with Crippen LogP contribution in [-0.2, 0) is 21.2 Å². The molecule has 0 aromatic heterocycles. The first-order valence-corrected chi connectivity index (χ1v) is 9.61. The number of hydrogen-bond donors (Lipinski definition) is 1. The van der Waals surface area contributed by atoms with Gasteiger partial charge in [-0.15, -0.1) is 0 Å². The molecule has 128 valence electrons. The van der Waals surface area contributed by atoms with Crippen LogP contribution in [0.4, 0.5) is 0 Å². The molecule has 1 N–H and O–H groups in total. The van der Waals surface area contributed by atoms with Crippen LogP contribution in [0.15, 0.2) is 24.3 Å². The molecular formula is C16H24N2O4S. The fourth-order valence-corrected chi connectivity index (χ4v) is 3.64. The zero-order chi connectivity index (χ0) is 16.9. The van der Waals surface area contributed by atoms with Gasteiger partial charge in [0.25, 0.3) is 0 Å². The molecule has 1 atom stereocenters. The maximum absolute atomic E-state index is 12.2. The van der Waals surface area contributed by atoms with Gasteiger partial charge in [0, 0.05) is 19.6 Å². The summed E-state index contributed by atoms with van der Waals surface area (Å²) in [5.74, 6) is 0.488. The zero-order valence-corrected chi connectivity index (χ0v) is 14.4. The van der Waals surface area contributed by atoms with Crippen molar-refractivity contribution in [3.05, 3.63) is 29.8 Å². The Morgan fingerprint density at radius 3 is 2.65 bits per heavy atom. The van der Waals surface area contributed by atoms with Crippen molar-refractivity contribution >= 4 is 15.9 Å². The average Bonchev–Trinajstić information content (AvgIpc) is 2.54. The minimum atomic E-state index is -3.22. The van der Waals surface area contributed by atoms with E-state index in [0.717, 1.165) is 30.6 Å². The molecule has 0 unspecified atom stereocenters. The van der Waals surface area contributed by atoms with E-state index in [1.807, 2.05) is 24.3 Å². The lowest BCUT2D eigenvalue weighted by Gasteiger charge is -2.30. The molecule has 1 saturated heterocycles. The quantitative estimate of drug-likeness (QED) is 0.839. The molecule has 23 heavy (non-hydrogen) atoms. The van der Waals surface area contributed by atoms with E-state index in [2.05, 4.69) is 5.32 Å². The molecule has 1 aliphatic rings. The summed E-state index contributed by atoms with van der Waals surface area (Å²) < 4.78 is 29.7. The molecule has 1 aliphatic heterocycles. The van der Waals surface area contributed by atoms with Crippen molar-refractivity contribution in [1.82, 2.24) is 9.62 Å². The molecule has 0 radical (unpaired) electrons. The predicted octanol–water partition coefficient (Wildman–Crippen LogP) is 1.03. The Morgan fingerprint density at radius 1 is 1.35 bits per heavy atom. The van der Waals surface area contributed by atoms with Crippen molar-refractivity contribution in [2.75, 3.05) is 33.0 Å². The van der Waals surface area contributed by atoms with Gasteiger partial charge in [0.05, 0.1) is 19.3 Å². The van der Waals surface area contributed by atoms with Gasteiger partial charge >= 0.3 is 0 Å². The number of nitrogens with one attached hydrogen (secondary N) is 1. The normalized spacial score (nSPS) is 19.3. The monoisotopic (exact) mass is 340 g/mol. The molecule has 6 nitrogen and oxygen atoms in total. The standard InChI is InChI=1S/C16H24N2O4S/c1-22-15-7-5-13(6-8-15)9-10-17-16(19)14-4-3-11-18(12-14)23(2,20)21/h5-8,14H,3-4,9-12H2,1-2H3,(H,17,19)/t14-/m1/s1. The fraction of sp³-hybridized carbons (Fsp3) is 0.562. The topological polar surface area (TPSA) is 75.7 Å². The van der Waals surface area contributed by atoms with Crippen molar-refractivity contribution in [2.45, 2.75) is 19.3 Å². The highest BCUT2D eigenvalue weighted by Crippen LogP contribution is 2.18. The second kappa shape index (κ2) is 7.79. The molecule has 0 saturated carbocycles. The van der Waals surface area contributed by atoms with E-state index in [1.54, 1.807) is 7.11 Å². The van der Waals surface area contributed by atoms with E-state index in [9.17, 15) is 13.2 Å². The van der Waals surface area contributed by atoms with Crippen LogP contribution in [0.2, 0.25) is 0 Å². The predicted molar refractivity (Wildman–Crippen MR) is 88.8 cm³/mol. The van der Waals surface area contributed by atoms with E-state index in [0.29, 0.717) is 13.1 Å². The summed E-state index contributed by atoms with van der Waals surface area (Å²) in [5, 5.41) is 2.91. The van der Waals surface area contributed by atoms with Crippen molar-refractivity contribution in [2.24, 2.45) is 5.92 Å². The molecule has 1 amide bonds. The van der Waals surface area contributed by atoms with Crippen molar-refractivity contribution in [1.29, 1.82) is 0 Å². The first kappa shape index (κ1) is 17.7. The summed E-state index contributed by atoms with van der Waals surface area (Å²) in [6, 6.07) is 7.72. The third-order valence-corrected chi connectivity index (χ3v) is 5.37. The third-order valence-electron chi connectivity index (χ3n) is 4.10. The smallest absolute Gasteiger partial charge is 0.224 e. The molecule has 1 heterocycles. The zero-order valence-electron chi connectivity index (χ0n) is 13.6. The highest BCUT2D eigenvalue weighted by molar-refractivity contribution is 7.88. The Balaban J connectivity index is 1.80. The van der Waals surface area contributed by atoms with Crippen molar-refractivity contribution in [3.63, 3.8) is 0 Å². The molecule has 1 aromatic rings. The first-order valence-electron chi connectivity index (χ1n) is 7.76. The van der Waals surface area contributed by atoms with Crippen LogP contribution in [0.1, 0.15) is 18.4 Å². The Kier molecular flexibility index (Phi) is 6.01. The molecular weight excluding hydrogens is 316 g/mol. The molecule has 2 rings (SSSR count). The summed E-state index contributed by atoms with van der Waals surface area (Å²) in [6.07, 6.45) is 3.39. The number of ether oxygens (including phenoxy) is 1. The second-order valence-electron chi connectivity index (χ2n) is 5.85. The number of amides is 1. The number of piperidine rings is 1. The van der Waals surface area contributed by atoms with E-state index in [-0.39, 0.29) is 18.4 Å². The van der Waals surface area contributed by atoms with Crippen molar-refractivity contribution < 1.29 is 17.9 Å². The Bertz CT molecular complexity index is 628. The first-order chi connectivity index (χ1) is 10.9. The number of carbonyl (C=O) groups is 1. The molecule has 7 heteroatoms. The van der Waals surface area contributed by atoms with Crippen LogP contribution < -0.4 is 10.1 Å². The summed E-state index contributed by atoms with van der Waals surface area (Å²) in [7, 11) is -1.60. The van der Waals surface area contributed by atoms with Gasteiger partial charge in [-0.2, -0.15) is 0 Å². The van der Waals surface area contributed by atoms with Gasteiger partial charge < -0.3 is 10.1 Å². The van der Waals surface area contributed by atoms with Crippen molar-refractivity contribution in [3.8, 4) is 5.75 Å². The van der Waals surface area contributed by atoms with Gasteiger partial charge in [-0.25, -0.2) is 12.7 Å². The molecule has 1 fully saturated rings. The average molecular weight is 340 g/mol. The minimum Gasteiger partial charge on any atom is -0.497 e. The number of hydrogen-bond acceptors (Lipinski definition) is 4. The minimum absolute atomic E-state index is 0.0631. The fourth-order valence-electron chi connectivity index (χ4n) is 2.72. The lowest BCUT2D eigenvalue weighted by molar-refractivity contribution is -0.126. The maximum Gasteiger partial charge on any atom is 0.224 e. The molecule has 0 spiro atoms. The molecule has 0 aliphatic carbocycles. The van der Waals surface area contributed by atoms with Gasteiger partial charge in [0.15, 0.2) is 0 Å². The van der Waals surface area contributed by atoms with E-state index in [4.69, 9.17) is 4.74 Å². The summed E-state index contributed by atoms with van der Waals surface area (Å²) in [4.78, 5) is 12.2. The third kappa shape index (κ3) is 5.21. The van der Waals surface area contributed by atoms with Crippen LogP contribution in [0.5, 0.6) is 5.75 Å². The van der Waals surface area contributed by atoms with Crippen LogP contribution in [0.3, 0.4) is 0 Å². The van der Waals surface area contributed by atoms with Crippen LogP contribution in [0.25, 0.3) is 0 Å². The van der Waals surface area contributed by atoms with Gasteiger partial charge in [0.2, 0.25) is 15.9 Å². The van der Waals surface area contributed by atoms with Crippen LogP contribution in [0, 0.1) is 5.92 Å². The number of carbonyl (C=O) groups excluding carboxylic acids is 1. The molecule has 1 aromatic carbocycles. The van der Waals surface area contributed by atoms with E-state index >= 15 is 0 Å². The van der Waals surface area contributed by atoms with E-state index in [1.165, 1.54) is 10.6 Å². The van der Waals surface area contributed by atoms with Gasteiger partial charge in [-0.05, 0) is 37.0 Å². The Labute approximate surface area is 137 Å². The summed E-state index contributed by atoms with van der Waals surface area (Å²) >= 11 is 0. The molecule has 0 bridgehead atoms. The number of rotatable bonds is 6. The number of nitrogens with zero attached hydrogens (tertiary/aromatic N) is 1. The maximum atomic E-state index is 12.2. The van der Waals surface area contributed by atoms with Gasteiger partial charge in [-0.1, -0.05) is 12.1 Å². The lowest BCUT2D eigenvalue weighted by atomic mass is 9.99. The van der Waals surface area contributed by atoms with Crippen LogP contribution >= 0.6 is 0 Å². The second-order valence-corrected chi connectivity index (χ2v) is 7.83. The largest absolute Gasteiger partial charge is 0.497 e. The number of benzene rings is 1. The summed E-state index contributed by atoms with van der Waals surface area (Å²) in [6.45, 7) is 1.34. The summed E-state index contributed by atoms with van der Waals surface area (Å²) in [5.41, 5.74) is 1.12. The Morgan fingerprint density at radius 2 is 2.04 bits per heavy atom. The number of sulfonamides is 1. The Hall–Kier alpha value is -1.60. The van der Waals surface area contributed by atoms with Crippen LogP contribution in [-0.4, -0.2) is 51.6 Å². The SMILES string of the molecule is COc1ccc(CCNC(=O)[C@@H]2CCCN(S(C)(=O)=O)C2)cc1. The highest BCUT2D eigenvalue weighted by atomic mass is 32.2. The van der Waals surface area contributed by atoms with Gasteiger partial charge in [-0.3, -0.25) is 4.79 Å². The van der Waals surface area contributed by atoms with Gasteiger partial charge in [0.1, 0.15) is 5.75 Å². The highest BCUT2D eigenvalue weighted by Gasteiger charge is 2.29.